The molecule has 70 valence electrons. The van der Waals surface area contributed by atoms with Crippen LogP contribution in [0.2, 0.25) is 5.02 Å². The van der Waals surface area contributed by atoms with Crippen molar-refractivity contribution in [3.05, 3.63) is 34.9 Å². The Kier molecular flexibility index (Phi) is 3.85. The fourth-order valence-corrected chi connectivity index (χ4v) is 1.60. The van der Waals surface area contributed by atoms with Crippen molar-refractivity contribution in [3.63, 3.8) is 0 Å². The molecule has 0 aromatic heterocycles. The van der Waals surface area contributed by atoms with Gasteiger partial charge < -0.3 is 5.73 Å². The molecule has 0 aliphatic carbocycles. The van der Waals surface area contributed by atoms with Gasteiger partial charge in [0.05, 0.1) is 0 Å². The molecule has 0 aliphatic rings. The first-order chi connectivity index (χ1) is 6.19. The Morgan fingerprint density at radius 3 is 2.85 bits per heavy atom. The molecule has 0 aliphatic heterocycles. The van der Waals surface area contributed by atoms with Crippen LogP contribution in [0.25, 0.3) is 5.57 Å². The van der Waals surface area contributed by atoms with Crippen molar-refractivity contribution in [1.82, 2.24) is 0 Å². The summed E-state index contributed by atoms with van der Waals surface area (Å²) in [5, 5.41) is 0.709. The van der Waals surface area contributed by atoms with Crippen LogP contribution in [0.4, 0.5) is 0 Å². The van der Waals surface area contributed by atoms with E-state index in [1.807, 2.05) is 31.2 Å². The lowest BCUT2D eigenvalue weighted by molar-refractivity contribution is 1.23. The van der Waals surface area contributed by atoms with Gasteiger partial charge in [-0.1, -0.05) is 17.7 Å². The van der Waals surface area contributed by atoms with Gasteiger partial charge >= 0.3 is 0 Å². The van der Waals surface area contributed by atoms with E-state index in [9.17, 15) is 0 Å². The van der Waals surface area contributed by atoms with Crippen LogP contribution in [0, 0.1) is 0 Å². The van der Waals surface area contributed by atoms with E-state index in [0.717, 1.165) is 16.0 Å². The average Bonchev–Trinajstić information content (AvgIpc) is 2.13. The largest absolute Gasteiger partial charge is 0.326 e. The van der Waals surface area contributed by atoms with Crippen molar-refractivity contribution >= 4 is 29.8 Å². The molecule has 0 saturated heterocycles. The Bertz CT molecular complexity index is 334. The number of benzene rings is 1. The second kappa shape index (κ2) is 4.70. The first-order valence-electron chi connectivity index (χ1n) is 4.03. The summed E-state index contributed by atoms with van der Waals surface area (Å²) in [6.45, 7) is 2.46. The zero-order chi connectivity index (χ0) is 9.84. The third-order valence-corrected chi connectivity index (χ3v) is 2.50. The lowest BCUT2D eigenvalue weighted by atomic mass is 10.1. The van der Waals surface area contributed by atoms with Gasteiger partial charge in [-0.3, -0.25) is 0 Å². The number of hydrogen-bond acceptors (Lipinski definition) is 2. The summed E-state index contributed by atoms with van der Waals surface area (Å²) < 4.78 is 0. The Morgan fingerprint density at radius 2 is 2.31 bits per heavy atom. The van der Waals surface area contributed by atoms with Gasteiger partial charge in [-0.05, 0) is 36.3 Å². The summed E-state index contributed by atoms with van der Waals surface area (Å²) in [7, 11) is 0. The average molecular weight is 214 g/mol. The third kappa shape index (κ3) is 2.50. The van der Waals surface area contributed by atoms with Gasteiger partial charge in [0.2, 0.25) is 0 Å². The SMILES string of the molecule is CC=C(CN)c1cc(Cl)ccc1S. The fraction of sp³-hybridized carbons (Fsp3) is 0.200. The molecule has 0 unspecified atom stereocenters. The van der Waals surface area contributed by atoms with Gasteiger partial charge in [0.15, 0.2) is 0 Å². The molecule has 0 atom stereocenters. The highest BCUT2D eigenvalue weighted by molar-refractivity contribution is 7.80. The molecule has 13 heavy (non-hydrogen) atoms. The Balaban J connectivity index is 3.19. The minimum Gasteiger partial charge on any atom is -0.326 e. The topological polar surface area (TPSA) is 26.0 Å². The smallest absolute Gasteiger partial charge is 0.0412 e. The van der Waals surface area contributed by atoms with Crippen LogP contribution >= 0.6 is 24.2 Å². The number of nitrogens with two attached hydrogens (primary N) is 1. The molecular formula is C10H12ClNS. The molecule has 0 heterocycles. The highest BCUT2D eigenvalue weighted by Gasteiger charge is 2.03. The molecule has 0 radical (unpaired) electrons. The summed E-state index contributed by atoms with van der Waals surface area (Å²) in [5.74, 6) is 0. The van der Waals surface area contributed by atoms with E-state index >= 15 is 0 Å². The maximum atomic E-state index is 5.87. The molecule has 1 aromatic carbocycles. The molecule has 0 saturated carbocycles. The van der Waals surface area contributed by atoms with Crippen LogP contribution in [0.1, 0.15) is 12.5 Å². The minimum atomic E-state index is 0.504. The van der Waals surface area contributed by atoms with Gasteiger partial charge in [-0.15, -0.1) is 12.6 Å². The summed E-state index contributed by atoms with van der Waals surface area (Å²) >= 11 is 10.2. The Morgan fingerprint density at radius 1 is 1.62 bits per heavy atom. The molecule has 1 rings (SSSR count). The maximum absolute atomic E-state index is 5.87. The van der Waals surface area contributed by atoms with Gasteiger partial charge in [0, 0.05) is 16.5 Å². The zero-order valence-corrected chi connectivity index (χ0v) is 9.07. The van der Waals surface area contributed by atoms with Gasteiger partial charge in [0.1, 0.15) is 0 Å². The summed E-state index contributed by atoms with van der Waals surface area (Å²) in [6.07, 6.45) is 1.98. The number of rotatable bonds is 2. The predicted octanol–water partition coefficient (Wildman–Crippen LogP) is 2.99. The highest BCUT2D eigenvalue weighted by atomic mass is 35.5. The molecule has 0 spiro atoms. The quantitative estimate of drug-likeness (QED) is 0.726. The fourth-order valence-electron chi connectivity index (χ4n) is 1.15. The van der Waals surface area contributed by atoms with Crippen molar-refractivity contribution in [2.24, 2.45) is 5.73 Å². The van der Waals surface area contributed by atoms with E-state index in [1.165, 1.54) is 0 Å². The molecule has 0 bridgehead atoms. The van der Waals surface area contributed by atoms with Crippen LogP contribution in [-0.2, 0) is 0 Å². The van der Waals surface area contributed by atoms with Crippen molar-refractivity contribution in [2.45, 2.75) is 11.8 Å². The first-order valence-corrected chi connectivity index (χ1v) is 4.85. The maximum Gasteiger partial charge on any atom is 0.0412 e. The van der Waals surface area contributed by atoms with Crippen LogP contribution in [-0.4, -0.2) is 6.54 Å². The summed E-state index contributed by atoms with van der Waals surface area (Å²) in [6, 6.07) is 5.57. The van der Waals surface area contributed by atoms with Crippen LogP contribution in [0.15, 0.2) is 29.2 Å². The third-order valence-electron chi connectivity index (χ3n) is 1.87. The monoisotopic (exact) mass is 213 g/mol. The van der Waals surface area contributed by atoms with E-state index in [-0.39, 0.29) is 0 Å². The molecular weight excluding hydrogens is 202 g/mol. The van der Waals surface area contributed by atoms with Gasteiger partial charge in [-0.25, -0.2) is 0 Å². The second-order valence-electron chi connectivity index (χ2n) is 2.68. The lowest BCUT2D eigenvalue weighted by Crippen LogP contribution is -2.02. The summed E-state index contributed by atoms with van der Waals surface area (Å²) in [4.78, 5) is 0.906. The van der Waals surface area contributed by atoms with Gasteiger partial charge in [-0.2, -0.15) is 0 Å². The number of thiol groups is 1. The normalized spacial score (nSPS) is 11.8. The van der Waals surface area contributed by atoms with Gasteiger partial charge in [0.25, 0.3) is 0 Å². The Hall–Kier alpha value is -0.440. The first kappa shape index (κ1) is 10.6. The molecule has 3 heteroatoms. The van der Waals surface area contributed by atoms with Crippen LogP contribution < -0.4 is 5.73 Å². The van der Waals surface area contributed by atoms with Crippen molar-refractivity contribution in [1.29, 1.82) is 0 Å². The number of hydrogen-bond donors (Lipinski definition) is 2. The van der Waals surface area contributed by atoms with E-state index < -0.39 is 0 Å². The lowest BCUT2D eigenvalue weighted by Gasteiger charge is -2.07. The van der Waals surface area contributed by atoms with E-state index in [4.69, 9.17) is 17.3 Å². The molecule has 2 N–H and O–H groups in total. The standard InChI is InChI=1S/C10H12ClNS/c1-2-7(6-12)9-5-8(11)3-4-10(9)13/h2-5,13H,6,12H2,1H3. The molecule has 0 amide bonds. The van der Waals surface area contributed by atoms with Crippen molar-refractivity contribution in [2.75, 3.05) is 6.54 Å². The zero-order valence-electron chi connectivity index (χ0n) is 7.42. The van der Waals surface area contributed by atoms with E-state index in [0.29, 0.717) is 11.6 Å². The predicted molar refractivity (Wildman–Crippen MR) is 61.4 cm³/mol. The van der Waals surface area contributed by atoms with E-state index in [1.54, 1.807) is 0 Å². The molecule has 0 fully saturated rings. The second-order valence-corrected chi connectivity index (χ2v) is 3.60. The summed E-state index contributed by atoms with van der Waals surface area (Å²) in [5.41, 5.74) is 7.67. The van der Waals surface area contributed by atoms with Crippen molar-refractivity contribution in [3.8, 4) is 0 Å². The minimum absolute atomic E-state index is 0.504. The molecule has 1 aromatic rings. The highest BCUT2D eigenvalue weighted by Crippen LogP contribution is 2.25. The van der Waals surface area contributed by atoms with Crippen LogP contribution in [0.5, 0.6) is 0 Å². The Labute approximate surface area is 89.0 Å². The van der Waals surface area contributed by atoms with Crippen LogP contribution in [0.3, 0.4) is 0 Å². The van der Waals surface area contributed by atoms with E-state index in [2.05, 4.69) is 12.6 Å². The number of allylic oxidation sites excluding steroid dienone is 1. The van der Waals surface area contributed by atoms with Crippen molar-refractivity contribution < 1.29 is 0 Å². The molecule has 1 nitrogen and oxygen atoms in total. The number of halogens is 1.